The molecular formula is C23H38I2N2O4. The van der Waals surface area contributed by atoms with Gasteiger partial charge in [0, 0.05) is 5.56 Å². The summed E-state index contributed by atoms with van der Waals surface area (Å²) in [5.74, 6) is -0.128. The number of esters is 1. The van der Waals surface area contributed by atoms with Crippen LogP contribution in [0.3, 0.4) is 0 Å². The van der Waals surface area contributed by atoms with Crippen molar-refractivity contribution in [1.82, 2.24) is 0 Å². The van der Waals surface area contributed by atoms with Gasteiger partial charge in [0.1, 0.15) is 26.2 Å². The molecular weight excluding hydrogens is 622 g/mol. The first kappa shape index (κ1) is 29.0. The molecule has 1 unspecified atom stereocenters. The van der Waals surface area contributed by atoms with Gasteiger partial charge in [0.05, 0.1) is 53.6 Å². The number of likely N-dealkylation sites (tertiary alicyclic amines) is 1. The topological polar surface area (TPSA) is 44.8 Å². The van der Waals surface area contributed by atoms with Crippen LogP contribution in [0.1, 0.15) is 30.9 Å². The Balaban J connectivity index is 0.00000240. The van der Waals surface area contributed by atoms with E-state index >= 15 is 0 Å². The molecule has 0 saturated carbocycles. The molecule has 0 aliphatic carbocycles. The van der Waals surface area contributed by atoms with Crippen LogP contribution in [0.15, 0.2) is 30.3 Å². The van der Waals surface area contributed by atoms with E-state index < -0.39 is 0 Å². The molecule has 31 heavy (non-hydrogen) atoms. The average molecular weight is 660 g/mol. The lowest BCUT2D eigenvalue weighted by Gasteiger charge is -2.42. The molecule has 1 aromatic rings. The number of hydrogen-bond donors (Lipinski definition) is 0. The van der Waals surface area contributed by atoms with Crippen LogP contribution in [-0.2, 0) is 19.0 Å². The van der Waals surface area contributed by atoms with Gasteiger partial charge < -0.3 is 71.1 Å². The number of benzene rings is 1. The lowest BCUT2D eigenvalue weighted by Crippen LogP contribution is -3.00. The number of ether oxygens (including phenoxy) is 3. The molecule has 0 bridgehead atoms. The number of rotatable bonds is 9. The molecule has 6 nitrogen and oxygen atoms in total. The average Bonchev–Trinajstić information content (AvgIpc) is 2.72. The Hall–Kier alpha value is -0.01000. The third-order valence-electron chi connectivity index (χ3n) is 6.60. The van der Waals surface area contributed by atoms with Gasteiger partial charge in [-0.15, -0.1) is 0 Å². The SMILES string of the molecule is C[N+]1(CCOCCOC(=O)C(c2ccccc2)[N+]2(C)CCCCC2)CCOCC1.[I-].[I-]. The fourth-order valence-corrected chi connectivity index (χ4v) is 4.55. The van der Waals surface area contributed by atoms with Crippen LogP contribution in [-0.4, -0.2) is 94.8 Å². The van der Waals surface area contributed by atoms with E-state index in [1.54, 1.807) is 0 Å². The molecule has 2 saturated heterocycles. The lowest BCUT2D eigenvalue weighted by molar-refractivity contribution is -0.935. The summed E-state index contributed by atoms with van der Waals surface area (Å²) >= 11 is 0. The van der Waals surface area contributed by atoms with E-state index in [-0.39, 0.29) is 60.0 Å². The number of quaternary nitrogens is 2. The number of hydrogen-bond acceptors (Lipinski definition) is 4. The lowest BCUT2D eigenvalue weighted by atomic mass is 9.98. The monoisotopic (exact) mass is 660 g/mol. The van der Waals surface area contributed by atoms with Crippen LogP contribution in [0, 0.1) is 0 Å². The molecule has 8 heteroatoms. The summed E-state index contributed by atoms with van der Waals surface area (Å²) in [6, 6.07) is 9.84. The third-order valence-corrected chi connectivity index (χ3v) is 6.60. The van der Waals surface area contributed by atoms with Crippen molar-refractivity contribution in [3.8, 4) is 0 Å². The van der Waals surface area contributed by atoms with Crippen molar-refractivity contribution in [3.05, 3.63) is 35.9 Å². The summed E-state index contributed by atoms with van der Waals surface area (Å²) in [5.41, 5.74) is 1.05. The molecule has 1 aromatic carbocycles. The summed E-state index contributed by atoms with van der Waals surface area (Å²) in [6.45, 7) is 8.18. The Labute approximate surface area is 221 Å². The highest BCUT2D eigenvalue weighted by Crippen LogP contribution is 2.32. The molecule has 1 atom stereocenters. The van der Waals surface area contributed by atoms with Crippen LogP contribution in [0.25, 0.3) is 0 Å². The maximum absolute atomic E-state index is 13.1. The molecule has 2 aliphatic rings. The van der Waals surface area contributed by atoms with Crippen LogP contribution >= 0.6 is 0 Å². The normalized spacial score (nSPS) is 20.6. The second-order valence-corrected chi connectivity index (χ2v) is 8.98. The first-order valence-corrected chi connectivity index (χ1v) is 11.1. The number of carbonyl (C=O) groups excluding carboxylic acids is 1. The Bertz CT molecular complexity index is 636. The van der Waals surface area contributed by atoms with Crippen LogP contribution in [0.4, 0.5) is 0 Å². The zero-order chi connectivity index (χ0) is 20.6. The minimum absolute atomic E-state index is 0. The Morgan fingerprint density at radius 2 is 1.58 bits per heavy atom. The molecule has 3 rings (SSSR count). The van der Waals surface area contributed by atoms with Crippen LogP contribution < -0.4 is 48.0 Å². The fourth-order valence-electron chi connectivity index (χ4n) is 4.55. The highest BCUT2D eigenvalue weighted by atomic mass is 127. The Morgan fingerprint density at radius 3 is 2.23 bits per heavy atom. The second kappa shape index (κ2) is 14.3. The second-order valence-electron chi connectivity index (χ2n) is 8.98. The highest BCUT2D eigenvalue weighted by Gasteiger charge is 2.41. The van der Waals surface area contributed by atoms with Gasteiger partial charge in [0.25, 0.3) is 0 Å². The van der Waals surface area contributed by atoms with Gasteiger partial charge in [-0.05, 0) is 19.3 Å². The fraction of sp³-hybridized carbons (Fsp3) is 0.696. The molecule has 0 amide bonds. The molecule has 178 valence electrons. The van der Waals surface area contributed by atoms with E-state index in [0.29, 0.717) is 19.8 Å². The third kappa shape index (κ3) is 8.69. The quantitative estimate of drug-likeness (QED) is 0.119. The van der Waals surface area contributed by atoms with E-state index in [9.17, 15) is 4.79 Å². The summed E-state index contributed by atoms with van der Waals surface area (Å²) < 4.78 is 18.6. The largest absolute Gasteiger partial charge is 1.00 e. The van der Waals surface area contributed by atoms with Crippen LogP contribution in [0.2, 0.25) is 0 Å². The number of likely N-dealkylation sites (N-methyl/N-ethyl adjacent to an activating group) is 2. The van der Waals surface area contributed by atoms with E-state index in [4.69, 9.17) is 14.2 Å². The molecule has 2 aliphatic heterocycles. The van der Waals surface area contributed by atoms with E-state index in [1.807, 2.05) is 30.3 Å². The summed E-state index contributed by atoms with van der Waals surface area (Å²) in [7, 11) is 4.44. The van der Waals surface area contributed by atoms with Gasteiger partial charge in [-0.3, -0.25) is 0 Å². The standard InChI is InChI=1S/C23H38N2O4.2HI/c1-24(13-16-27-17-14-24)15-18-28-19-20-29-23(26)22(21-9-5-3-6-10-21)25(2)11-7-4-8-12-25;;/h3,5-6,9-10,22H,4,7-8,11-20H2,1-2H3;2*1H/q+2;;/p-2. The molecule has 0 aromatic heterocycles. The van der Waals surface area contributed by atoms with Gasteiger partial charge in [-0.2, -0.15) is 0 Å². The van der Waals surface area contributed by atoms with E-state index in [1.165, 1.54) is 6.42 Å². The molecule has 0 N–H and O–H groups in total. The smallest absolute Gasteiger partial charge is 0.370 e. The Kier molecular flexibility index (Phi) is 13.4. The van der Waals surface area contributed by atoms with E-state index in [2.05, 4.69) is 14.1 Å². The number of piperidine rings is 1. The minimum atomic E-state index is -0.255. The van der Waals surface area contributed by atoms with Crippen molar-refractivity contribution in [2.75, 3.05) is 79.9 Å². The van der Waals surface area contributed by atoms with Gasteiger partial charge in [0.2, 0.25) is 6.04 Å². The molecule has 0 spiro atoms. The predicted molar refractivity (Wildman–Crippen MR) is 112 cm³/mol. The first-order valence-electron chi connectivity index (χ1n) is 11.1. The van der Waals surface area contributed by atoms with Crippen molar-refractivity contribution in [1.29, 1.82) is 0 Å². The van der Waals surface area contributed by atoms with Crippen molar-refractivity contribution in [3.63, 3.8) is 0 Å². The number of nitrogens with zero attached hydrogens (tertiary/aromatic N) is 2. The number of halogens is 2. The van der Waals surface area contributed by atoms with Gasteiger partial charge >= 0.3 is 5.97 Å². The molecule has 0 radical (unpaired) electrons. The minimum Gasteiger partial charge on any atom is -1.00 e. The zero-order valence-electron chi connectivity index (χ0n) is 18.9. The maximum Gasteiger partial charge on any atom is 0.370 e. The van der Waals surface area contributed by atoms with Crippen molar-refractivity contribution in [2.24, 2.45) is 0 Å². The van der Waals surface area contributed by atoms with Gasteiger partial charge in [-0.1, -0.05) is 30.3 Å². The van der Waals surface area contributed by atoms with Crippen molar-refractivity contribution < 1.29 is 75.9 Å². The van der Waals surface area contributed by atoms with E-state index in [0.717, 1.165) is 73.3 Å². The zero-order valence-corrected chi connectivity index (χ0v) is 23.3. The molecule has 2 fully saturated rings. The maximum atomic E-state index is 13.1. The van der Waals surface area contributed by atoms with Gasteiger partial charge in [-0.25, -0.2) is 4.79 Å². The number of carbonyl (C=O) groups is 1. The van der Waals surface area contributed by atoms with Crippen molar-refractivity contribution in [2.45, 2.75) is 25.3 Å². The van der Waals surface area contributed by atoms with Gasteiger partial charge in [0.15, 0.2) is 0 Å². The summed E-state index contributed by atoms with van der Waals surface area (Å²) in [5, 5.41) is 0. The molecule has 2 heterocycles. The highest BCUT2D eigenvalue weighted by molar-refractivity contribution is 5.76. The van der Waals surface area contributed by atoms with Crippen molar-refractivity contribution >= 4 is 5.97 Å². The summed E-state index contributed by atoms with van der Waals surface area (Å²) in [4.78, 5) is 13.1. The predicted octanol–water partition coefficient (Wildman–Crippen LogP) is -3.60. The Morgan fingerprint density at radius 1 is 0.935 bits per heavy atom. The summed E-state index contributed by atoms with van der Waals surface area (Å²) in [6.07, 6.45) is 3.58. The first-order chi connectivity index (χ1) is 14.0. The number of morpholine rings is 1. The van der Waals surface area contributed by atoms with Crippen LogP contribution in [0.5, 0.6) is 0 Å².